The zero-order valence-corrected chi connectivity index (χ0v) is 12.2. The maximum atomic E-state index is 12.7. The van der Waals surface area contributed by atoms with Gasteiger partial charge in [-0.1, -0.05) is 6.07 Å². The normalized spacial score (nSPS) is 12.9. The molecule has 6 nitrogen and oxygen atoms in total. The Kier molecular flexibility index (Phi) is 5.02. The Balaban J connectivity index is 2.15. The smallest absolute Gasteiger partial charge is 0.383 e. The van der Waals surface area contributed by atoms with Crippen molar-refractivity contribution < 1.29 is 22.7 Å². The Hall–Kier alpha value is -2.39. The molecule has 9 heteroatoms. The number of methoxy groups -OCH3 is 1. The van der Waals surface area contributed by atoms with Crippen LogP contribution in [0.4, 0.5) is 18.9 Å². The third kappa shape index (κ3) is 4.30. The van der Waals surface area contributed by atoms with E-state index in [2.05, 4.69) is 10.4 Å². The Labute approximate surface area is 130 Å². The van der Waals surface area contributed by atoms with Crippen LogP contribution in [0.5, 0.6) is 0 Å². The number of rotatable bonds is 5. The molecule has 1 heterocycles. The number of hydrogen-bond donors (Lipinski definition) is 2. The topological polar surface area (TPSA) is 82.2 Å². The van der Waals surface area contributed by atoms with Gasteiger partial charge < -0.3 is 15.8 Å². The summed E-state index contributed by atoms with van der Waals surface area (Å²) in [6.45, 7) is 0.0492. The van der Waals surface area contributed by atoms with Gasteiger partial charge in [0, 0.05) is 7.11 Å². The van der Waals surface area contributed by atoms with E-state index in [1.54, 1.807) is 0 Å². The number of carbonyl (C=O) groups excluding carboxylic acids is 1. The lowest BCUT2D eigenvalue weighted by Crippen LogP contribution is -2.39. The van der Waals surface area contributed by atoms with Crippen LogP contribution in [0, 0.1) is 0 Å². The van der Waals surface area contributed by atoms with Crippen molar-refractivity contribution in [3.63, 3.8) is 0 Å². The van der Waals surface area contributed by atoms with E-state index in [0.29, 0.717) is 5.69 Å². The molecule has 124 valence electrons. The van der Waals surface area contributed by atoms with Gasteiger partial charge in [0.15, 0.2) is 0 Å². The molecule has 0 spiro atoms. The van der Waals surface area contributed by atoms with Crippen molar-refractivity contribution in [3.8, 4) is 5.69 Å². The van der Waals surface area contributed by atoms with Crippen LogP contribution in [0.15, 0.2) is 36.7 Å². The molecule has 2 rings (SSSR count). The van der Waals surface area contributed by atoms with Crippen molar-refractivity contribution in [1.82, 2.24) is 9.78 Å². The lowest BCUT2D eigenvalue weighted by atomic mass is 10.2. The molecule has 0 aliphatic carbocycles. The second-order valence-electron chi connectivity index (χ2n) is 4.77. The highest BCUT2D eigenvalue weighted by molar-refractivity contribution is 5.94. The second kappa shape index (κ2) is 6.80. The van der Waals surface area contributed by atoms with Gasteiger partial charge in [-0.3, -0.25) is 4.79 Å². The minimum atomic E-state index is -4.44. The molecule has 0 aliphatic rings. The van der Waals surface area contributed by atoms with E-state index in [1.807, 2.05) is 0 Å². The van der Waals surface area contributed by atoms with Crippen LogP contribution < -0.4 is 11.1 Å². The summed E-state index contributed by atoms with van der Waals surface area (Å²) in [6, 6.07) is 3.85. The maximum absolute atomic E-state index is 12.7. The van der Waals surface area contributed by atoms with Gasteiger partial charge in [0.2, 0.25) is 5.91 Å². The number of nitrogens with zero attached hydrogens (tertiary/aromatic N) is 2. The number of aromatic nitrogens is 2. The van der Waals surface area contributed by atoms with Gasteiger partial charge in [-0.2, -0.15) is 18.3 Å². The molecule has 0 aliphatic heterocycles. The first kappa shape index (κ1) is 17.0. The minimum absolute atomic E-state index is 0.0492. The average Bonchev–Trinajstić information content (AvgIpc) is 2.95. The highest BCUT2D eigenvalue weighted by Crippen LogP contribution is 2.30. The first-order chi connectivity index (χ1) is 10.8. The molecule has 0 saturated carbocycles. The third-order valence-corrected chi connectivity index (χ3v) is 2.97. The number of halogens is 3. The van der Waals surface area contributed by atoms with Crippen molar-refractivity contribution >= 4 is 11.6 Å². The molecule has 2 aromatic rings. The number of carbonyl (C=O) groups is 1. The molecule has 3 N–H and O–H groups in total. The SMILES string of the molecule is COCC(N)C(=O)Nc1cnn(-c2cccc(C(F)(F)F)c2)c1. The van der Waals surface area contributed by atoms with Crippen molar-refractivity contribution in [2.45, 2.75) is 12.2 Å². The molecule has 1 atom stereocenters. The number of amides is 1. The third-order valence-electron chi connectivity index (χ3n) is 2.97. The molecule has 0 bridgehead atoms. The number of nitrogens with two attached hydrogens (primary N) is 1. The summed E-state index contributed by atoms with van der Waals surface area (Å²) in [4.78, 5) is 11.7. The van der Waals surface area contributed by atoms with Gasteiger partial charge in [-0.15, -0.1) is 0 Å². The standard InChI is InChI=1S/C14H15F3N4O2/c1-23-8-12(18)13(22)20-10-6-19-21(7-10)11-4-2-3-9(5-11)14(15,16)17/h2-7,12H,8,18H2,1H3,(H,20,22). The summed E-state index contributed by atoms with van der Waals surface area (Å²) >= 11 is 0. The molecule has 23 heavy (non-hydrogen) atoms. The molecule has 1 aromatic carbocycles. The summed E-state index contributed by atoms with van der Waals surface area (Å²) in [7, 11) is 1.42. The van der Waals surface area contributed by atoms with Gasteiger partial charge in [-0.05, 0) is 18.2 Å². The van der Waals surface area contributed by atoms with Crippen LogP contribution in [0.2, 0.25) is 0 Å². The van der Waals surface area contributed by atoms with E-state index in [4.69, 9.17) is 10.5 Å². The molecule has 1 aromatic heterocycles. The number of benzene rings is 1. The summed E-state index contributed by atoms with van der Waals surface area (Å²) in [5, 5.41) is 6.44. The van der Waals surface area contributed by atoms with E-state index in [1.165, 1.54) is 36.3 Å². The fourth-order valence-corrected chi connectivity index (χ4v) is 1.84. The van der Waals surface area contributed by atoms with Crippen LogP contribution >= 0.6 is 0 Å². The lowest BCUT2D eigenvalue weighted by molar-refractivity contribution is -0.137. The lowest BCUT2D eigenvalue weighted by Gasteiger charge is -2.10. The van der Waals surface area contributed by atoms with Crippen molar-refractivity contribution in [3.05, 3.63) is 42.2 Å². The maximum Gasteiger partial charge on any atom is 0.416 e. The zero-order valence-electron chi connectivity index (χ0n) is 12.2. The summed E-state index contributed by atoms with van der Waals surface area (Å²) < 4.78 is 44.1. The Bertz CT molecular complexity index is 685. The van der Waals surface area contributed by atoms with Crippen molar-refractivity contribution in [2.75, 3.05) is 19.0 Å². The zero-order chi connectivity index (χ0) is 17.0. The van der Waals surface area contributed by atoms with E-state index in [9.17, 15) is 18.0 Å². The fraction of sp³-hybridized carbons (Fsp3) is 0.286. The van der Waals surface area contributed by atoms with E-state index in [-0.39, 0.29) is 12.3 Å². The molecule has 1 amide bonds. The van der Waals surface area contributed by atoms with Gasteiger partial charge in [0.1, 0.15) is 6.04 Å². The highest BCUT2D eigenvalue weighted by Gasteiger charge is 2.30. The summed E-state index contributed by atoms with van der Waals surface area (Å²) in [5.41, 5.74) is 5.33. The highest BCUT2D eigenvalue weighted by atomic mass is 19.4. The molecular formula is C14H15F3N4O2. The summed E-state index contributed by atoms with van der Waals surface area (Å²) in [5.74, 6) is -0.476. The van der Waals surface area contributed by atoms with Gasteiger partial charge in [-0.25, -0.2) is 4.68 Å². The average molecular weight is 328 g/mol. The second-order valence-corrected chi connectivity index (χ2v) is 4.77. The number of hydrogen-bond acceptors (Lipinski definition) is 4. The van der Waals surface area contributed by atoms with Gasteiger partial charge >= 0.3 is 6.18 Å². The van der Waals surface area contributed by atoms with Crippen LogP contribution in [-0.2, 0) is 15.7 Å². The molecule has 0 fully saturated rings. The number of ether oxygens (including phenoxy) is 1. The van der Waals surface area contributed by atoms with Crippen LogP contribution in [0.1, 0.15) is 5.56 Å². The van der Waals surface area contributed by atoms with E-state index < -0.39 is 23.7 Å². The van der Waals surface area contributed by atoms with Gasteiger partial charge in [0.05, 0.1) is 35.9 Å². The predicted molar refractivity (Wildman–Crippen MR) is 77.0 cm³/mol. The van der Waals surface area contributed by atoms with E-state index in [0.717, 1.165) is 12.1 Å². The number of nitrogens with one attached hydrogen (secondary N) is 1. The van der Waals surface area contributed by atoms with Crippen LogP contribution in [0.25, 0.3) is 5.69 Å². The molecular weight excluding hydrogens is 313 g/mol. The first-order valence-electron chi connectivity index (χ1n) is 6.59. The molecule has 0 radical (unpaired) electrons. The monoisotopic (exact) mass is 328 g/mol. The number of alkyl halides is 3. The molecule has 0 saturated heterocycles. The van der Waals surface area contributed by atoms with Crippen molar-refractivity contribution in [1.29, 1.82) is 0 Å². The van der Waals surface area contributed by atoms with Gasteiger partial charge in [0.25, 0.3) is 0 Å². The van der Waals surface area contributed by atoms with Crippen LogP contribution in [0.3, 0.4) is 0 Å². The first-order valence-corrected chi connectivity index (χ1v) is 6.59. The summed E-state index contributed by atoms with van der Waals surface area (Å²) in [6.07, 6.45) is -1.72. The van der Waals surface area contributed by atoms with E-state index >= 15 is 0 Å². The largest absolute Gasteiger partial charge is 0.416 e. The Morgan fingerprint density at radius 3 is 2.87 bits per heavy atom. The number of anilines is 1. The molecule has 1 unspecified atom stereocenters. The fourth-order valence-electron chi connectivity index (χ4n) is 1.84. The minimum Gasteiger partial charge on any atom is -0.383 e. The quantitative estimate of drug-likeness (QED) is 0.877. The Morgan fingerprint density at radius 2 is 2.22 bits per heavy atom. The van der Waals surface area contributed by atoms with Crippen molar-refractivity contribution in [2.24, 2.45) is 5.73 Å². The predicted octanol–water partition coefficient (Wildman–Crippen LogP) is 1.80. The van der Waals surface area contributed by atoms with Crippen LogP contribution in [-0.4, -0.2) is 35.4 Å². The Morgan fingerprint density at radius 1 is 1.48 bits per heavy atom.